The SMILES string of the molecule is C#Cc1c([C]=C)cccc1C#N. The maximum absolute atomic E-state index is 8.68. The van der Waals surface area contributed by atoms with Gasteiger partial charge in [-0.1, -0.05) is 24.6 Å². The molecule has 0 N–H and O–H groups in total. The molecular weight excluding hydrogens is 146 g/mol. The summed E-state index contributed by atoms with van der Waals surface area (Å²) < 4.78 is 0. The molecular formula is C11H6N. The first-order valence-electron chi connectivity index (χ1n) is 3.36. The molecule has 0 amide bonds. The average Bonchev–Trinajstić information content (AvgIpc) is 2.16. The molecule has 0 bridgehead atoms. The van der Waals surface area contributed by atoms with E-state index in [1.165, 1.54) is 0 Å². The molecule has 0 aromatic heterocycles. The smallest absolute Gasteiger partial charge is 0.100 e. The molecule has 1 heteroatoms. The van der Waals surface area contributed by atoms with Gasteiger partial charge in [0.05, 0.1) is 5.56 Å². The summed E-state index contributed by atoms with van der Waals surface area (Å²) >= 11 is 0. The summed E-state index contributed by atoms with van der Waals surface area (Å²) in [5.41, 5.74) is 1.76. The molecule has 1 rings (SSSR count). The largest absolute Gasteiger partial charge is 0.192 e. The van der Waals surface area contributed by atoms with E-state index in [0.717, 1.165) is 0 Å². The lowest BCUT2D eigenvalue weighted by molar-refractivity contribution is 1.44. The first-order valence-corrected chi connectivity index (χ1v) is 3.36. The molecule has 1 nitrogen and oxygen atoms in total. The quantitative estimate of drug-likeness (QED) is 0.563. The third-order valence-electron chi connectivity index (χ3n) is 1.52. The Hall–Kier alpha value is -1.99. The van der Waals surface area contributed by atoms with Crippen molar-refractivity contribution in [1.82, 2.24) is 0 Å². The van der Waals surface area contributed by atoms with Crippen LogP contribution in [0.3, 0.4) is 0 Å². The van der Waals surface area contributed by atoms with Crippen LogP contribution in [0, 0.1) is 29.8 Å². The summed E-state index contributed by atoms with van der Waals surface area (Å²) in [6.45, 7) is 3.48. The van der Waals surface area contributed by atoms with Crippen LogP contribution in [0.2, 0.25) is 0 Å². The normalized spacial score (nSPS) is 8.17. The first-order chi connectivity index (χ1) is 5.83. The van der Waals surface area contributed by atoms with Gasteiger partial charge in [0, 0.05) is 5.56 Å². The maximum Gasteiger partial charge on any atom is 0.100 e. The zero-order valence-electron chi connectivity index (χ0n) is 6.46. The first kappa shape index (κ1) is 8.11. The summed E-state index contributed by atoms with van der Waals surface area (Å²) in [5.74, 6) is 2.44. The van der Waals surface area contributed by atoms with E-state index in [4.69, 9.17) is 11.7 Å². The van der Waals surface area contributed by atoms with Gasteiger partial charge >= 0.3 is 0 Å². The number of hydrogen-bond acceptors (Lipinski definition) is 1. The van der Waals surface area contributed by atoms with Crippen LogP contribution in [-0.4, -0.2) is 0 Å². The molecule has 12 heavy (non-hydrogen) atoms. The average molecular weight is 152 g/mol. The van der Waals surface area contributed by atoms with E-state index >= 15 is 0 Å². The molecule has 1 aromatic carbocycles. The van der Waals surface area contributed by atoms with Crippen LogP contribution in [0.5, 0.6) is 0 Å². The van der Waals surface area contributed by atoms with Gasteiger partial charge in [0.2, 0.25) is 0 Å². The van der Waals surface area contributed by atoms with E-state index < -0.39 is 0 Å². The van der Waals surface area contributed by atoms with Crippen molar-refractivity contribution in [2.45, 2.75) is 0 Å². The molecule has 0 aliphatic heterocycles. The van der Waals surface area contributed by atoms with Crippen molar-refractivity contribution in [2.75, 3.05) is 0 Å². The fourth-order valence-electron chi connectivity index (χ4n) is 0.948. The number of nitriles is 1. The maximum atomic E-state index is 8.68. The van der Waals surface area contributed by atoms with Crippen molar-refractivity contribution in [2.24, 2.45) is 0 Å². The van der Waals surface area contributed by atoms with Crippen molar-refractivity contribution in [3.05, 3.63) is 47.5 Å². The van der Waals surface area contributed by atoms with Crippen molar-refractivity contribution in [3.63, 3.8) is 0 Å². The number of hydrogen-bond donors (Lipinski definition) is 0. The molecule has 1 radical (unpaired) electrons. The molecule has 55 valence electrons. The fraction of sp³-hybridized carbons (Fsp3) is 0. The number of nitrogens with zero attached hydrogens (tertiary/aromatic N) is 1. The second kappa shape index (κ2) is 3.42. The van der Waals surface area contributed by atoms with Crippen LogP contribution in [0.4, 0.5) is 0 Å². The highest BCUT2D eigenvalue weighted by Crippen LogP contribution is 2.12. The lowest BCUT2D eigenvalue weighted by atomic mass is 10.0. The zero-order chi connectivity index (χ0) is 8.97. The van der Waals surface area contributed by atoms with E-state index in [1.807, 2.05) is 6.07 Å². The van der Waals surface area contributed by atoms with Gasteiger partial charge in [0.1, 0.15) is 6.07 Å². The third-order valence-corrected chi connectivity index (χ3v) is 1.52. The molecule has 1 aromatic rings. The Bertz CT molecular complexity index is 388. The van der Waals surface area contributed by atoms with Crippen molar-refractivity contribution in [3.8, 4) is 18.4 Å². The van der Waals surface area contributed by atoms with E-state index in [9.17, 15) is 0 Å². The molecule has 0 saturated heterocycles. The minimum atomic E-state index is 0.492. The van der Waals surface area contributed by atoms with Crippen LogP contribution in [0.1, 0.15) is 16.7 Å². The highest BCUT2D eigenvalue weighted by molar-refractivity contribution is 5.53. The molecule has 0 atom stereocenters. The van der Waals surface area contributed by atoms with Crippen LogP contribution < -0.4 is 0 Å². The molecule has 0 heterocycles. The molecule has 0 aliphatic rings. The van der Waals surface area contributed by atoms with Gasteiger partial charge in [0.25, 0.3) is 0 Å². The number of rotatable bonds is 1. The van der Waals surface area contributed by atoms with Crippen molar-refractivity contribution < 1.29 is 0 Å². The summed E-state index contributed by atoms with van der Waals surface area (Å²) in [6.07, 6.45) is 7.91. The second-order valence-electron chi connectivity index (χ2n) is 2.16. The van der Waals surface area contributed by atoms with E-state index in [0.29, 0.717) is 16.7 Å². The highest BCUT2D eigenvalue weighted by atomic mass is 14.2. The van der Waals surface area contributed by atoms with Gasteiger partial charge in [-0.05, 0) is 17.7 Å². The second-order valence-corrected chi connectivity index (χ2v) is 2.16. The molecule has 0 unspecified atom stereocenters. The zero-order valence-corrected chi connectivity index (χ0v) is 6.46. The lowest BCUT2D eigenvalue weighted by Crippen LogP contribution is -1.87. The predicted octanol–water partition coefficient (Wildman–Crippen LogP) is 1.88. The molecule has 0 spiro atoms. The minimum absolute atomic E-state index is 0.492. The standard InChI is InChI=1S/C11H6N/c1-3-9-6-5-7-10(8-12)11(9)4-2/h2,5-7H,1H2. The van der Waals surface area contributed by atoms with Gasteiger partial charge in [-0.3, -0.25) is 0 Å². The Kier molecular flexibility index (Phi) is 2.31. The Labute approximate surface area is 72.0 Å². The van der Waals surface area contributed by atoms with Crippen LogP contribution >= 0.6 is 0 Å². The Morgan fingerprint density at radius 1 is 1.33 bits per heavy atom. The monoisotopic (exact) mass is 152 g/mol. The molecule has 0 fully saturated rings. The summed E-state index contributed by atoms with van der Waals surface area (Å²) in [7, 11) is 0. The number of terminal acetylenes is 1. The third kappa shape index (κ3) is 1.21. The Morgan fingerprint density at radius 3 is 2.50 bits per heavy atom. The van der Waals surface area contributed by atoms with Gasteiger partial charge in [-0.15, -0.1) is 6.42 Å². The van der Waals surface area contributed by atoms with Crippen LogP contribution in [0.15, 0.2) is 24.8 Å². The van der Waals surface area contributed by atoms with Gasteiger partial charge < -0.3 is 0 Å². The Balaban J connectivity index is 3.47. The van der Waals surface area contributed by atoms with E-state index in [1.54, 1.807) is 18.2 Å². The van der Waals surface area contributed by atoms with Gasteiger partial charge in [-0.25, -0.2) is 0 Å². The van der Waals surface area contributed by atoms with Crippen LogP contribution in [0.25, 0.3) is 0 Å². The van der Waals surface area contributed by atoms with Crippen LogP contribution in [-0.2, 0) is 0 Å². The van der Waals surface area contributed by atoms with Crippen molar-refractivity contribution in [1.29, 1.82) is 5.26 Å². The molecule has 0 saturated carbocycles. The van der Waals surface area contributed by atoms with E-state index in [-0.39, 0.29) is 0 Å². The summed E-state index contributed by atoms with van der Waals surface area (Å²) in [5, 5.41) is 8.68. The highest BCUT2D eigenvalue weighted by Gasteiger charge is 2.01. The van der Waals surface area contributed by atoms with Crippen molar-refractivity contribution >= 4 is 0 Å². The summed E-state index contributed by atoms with van der Waals surface area (Å²) in [4.78, 5) is 0. The van der Waals surface area contributed by atoms with Gasteiger partial charge in [0.15, 0.2) is 0 Å². The predicted molar refractivity (Wildman–Crippen MR) is 47.1 cm³/mol. The lowest BCUT2D eigenvalue weighted by Gasteiger charge is -1.98. The van der Waals surface area contributed by atoms with Gasteiger partial charge in [-0.2, -0.15) is 5.26 Å². The summed E-state index contributed by atoms with van der Waals surface area (Å²) in [6, 6.07) is 7.23. The minimum Gasteiger partial charge on any atom is -0.192 e. The topological polar surface area (TPSA) is 23.8 Å². The number of benzene rings is 1. The Morgan fingerprint density at radius 2 is 2.00 bits per heavy atom. The van der Waals surface area contributed by atoms with E-state index in [2.05, 4.69) is 18.6 Å². The fourth-order valence-corrected chi connectivity index (χ4v) is 0.948. The molecule has 0 aliphatic carbocycles.